The summed E-state index contributed by atoms with van der Waals surface area (Å²) < 4.78 is 0. The maximum absolute atomic E-state index is 12.6. The zero-order chi connectivity index (χ0) is 18.1. The van der Waals surface area contributed by atoms with Crippen molar-refractivity contribution in [2.75, 3.05) is 0 Å². The summed E-state index contributed by atoms with van der Waals surface area (Å²) in [6.45, 7) is 7.16. The van der Waals surface area contributed by atoms with Crippen LogP contribution in [0.2, 0.25) is 0 Å². The van der Waals surface area contributed by atoms with Gasteiger partial charge in [0.25, 0.3) is 11.6 Å². The third kappa shape index (κ3) is 3.89. The molecule has 0 unspecified atom stereocenters. The van der Waals surface area contributed by atoms with E-state index < -0.39 is 22.5 Å². The Morgan fingerprint density at radius 3 is 2.58 bits per heavy atom. The van der Waals surface area contributed by atoms with Crippen LogP contribution in [0.25, 0.3) is 0 Å². The molecular weight excluding hydrogens is 312 g/mol. The number of hydrogen-bond donors (Lipinski definition) is 3. The van der Waals surface area contributed by atoms with Gasteiger partial charge in [-0.25, -0.2) is 4.79 Å². The van der Waals surface area contributed by atoms with E-state index in [1.54, 1.807) is 13.0 Å². The number of non-ortho nitro benzene ring substituents is 1. The second-order valence-corrected chi connectivity index (χ2v) is 6.63. The lowest BCUT2D eigenvalue weighted by molar-refractivity contribution is -0.384. The number of nitrogens with zero attached hydrogens (tertiary/aromatic N) is 1. The molecule has 1 atom stereocenters. The minimum absolute atomic E-state index is 0.103. The van der Waals surface area contributed by atoms with Gasteiger partial charge in [-0.05, 0) is 33.3 Å². The lowest BCUT2D eigenvalue weighted by Crippen LogP contribution is -2.49. The molecule has 8 nitrogen and oxygen atoms in total. The van der Waals surface area contributed by atoms with Gasteiger partial charge in [0.05, 0.1) is 16.5 Å². The molecule has 1 aromatic rings. The molecule has 0 radical (unpaired) electrons. The van der Waals surface area contributed by atoms with Crippen molar-refractivity contribution in [2.45, 2.75) is 39.3 Å². The molecule has 24 heavy (non-hydrogen) atoms. The van der Waals surface area contributed by atoms with Crippen molar-refractivity contribution >= 4 is 17.6 Å². The van der Waals surface area contributed by atoms with Crippen LogP contribution in [0.3, 0.4) is 0 Å². The summed E-state index contributed by atoms with van der Waals surface area (Å²) in [5, 5.41) is 19.1. The van der Waals surface area contributed by atoms with E-state index in [9.17, 15) is 19.7 Å². The highest BCUT2D eigenvalue weighted by Gasteiger charge is 2.33. The van der Waals surface area contributed by atoms with Gasteiger partial charge in [-0.1, -0.05) is 12.1 Å². The SMILES string of the molecule is CC1=C(C(=O)NC(C)(C)C)[C@H](c2cccc([N+](=O)[O-])c2)NC(=O)N1. The Hall–Kier alpha value is -2.90. The number of allylic oxidation sites excluding steroid dienone is 1. The molecule has 1 aliphatic heterocycles. The monoisotopic (exact) mass is 332 g/mol. The van der Waals surface area contributed by atoms with Gasteiger partial charge in [0.2, 0.25) is 0 Å². The van der Waals surface area contributed by atoms with Gasteiger partial charge in [0.15, 0.2) is 0 Å². The minimum Gasteiger partial charge on any atom is -0.348 e. The summed E-state index contributed by atoms with van der Waals surface area (Å²) in [6.07, 6.45) is 0. The molecule has 3 N–H and O–H groups in total. The fourth-order valence-corrected chi connectivity index (χ4v) is 2.47. The average Bonchev–Trinajstić information content (AvgIpc) is 2.44. The van der Waals surface area contributed by atoms with E-state index >= 15 is 0 Å². The Morgan fingerprint density at radius 2 is 2.00 bits per heavy atom. The normalized spacial score (nSPS) is 17.8. The predicted octanol–water partition coefficient (Wildman–Crippen LogP) is 2.14. The first kappa shape index (κ1) is 17.5. The van der Waals surface area contributed by atoms with Crippen LogP contribution in [0.4, 0.5) is 10.5 Å². The highest BCUT2D eigenvalue weighted by molar-refractivity contribution is 5.98. The molecule has 3 amide bonds. The summed E-state index contributed by atoms with van der Waals surface area (Å²) in [5.74, 6) is -0.344. The molecule has 2 rings (SSSR count). The molecule has 0 saturated carbocycles. The Labute approximate surface area is 139 Å². The summed E-state index contributed by atoms with van der Waals surface area (Å²) in [7, 11) is 0. The van der Waals surface area contributed by atoms with Crippen molar-refractivity contribution in [3.8, 4) is 0 Å². The van der Waals surface area contributed by atoms with Crippen LogP contribution in [-0.4, -0.2) is 22.4 Å². The third-order valence-electron chi connectivity index (χ3n) is 3.42. The molecule has 0 saturated heterocycles. The van der Waals surface area contributed by atoms with Crippen LogP contribution in [-0.2, 0) is 4.79 Å². The fraction of sp³-hybridized carbons (Fsp3) is 0.375. The zero-order valence-electron chi connectivity index (χ0n) is 14.0. The molecule has 1 aromatic carbocycles. The Kier molecular flexibility index (Phi) is 4.59. The first-order valence-corrected chi connectivity index (χ1v) is 7.43. The predicted molar refractivity (Wildman–Crippen MR) is 88.1 cm³/mol. The van der Waals surface area contributed by atoms with Crippen LogP contribution in [0.15, 0.2) is 35.5 Å². The van der Waals surface area contributed by atoms with E-state index in [4.69, 9.17) is 0 Å². The number of carbonyl (C=O) groups excluding carboxylic acids is 2. The molecule has 0 aromatic heterocycles. The quantitative estimate of drug-likeness (QED) is 0.581. The van der Waals surface area contributed by atoms with Crippen molar-refractivity contribution < 1.29 is 14.5 Å². The standard InChI is InChI=1S/C16H20N4O4/c1-9-12(14(21)19-16(2,3)4)13(18-15(22)17-9)10-6-5-7-11(8-10)20(23)24/h5-8,13H,1-4H3,(H,19,21)(H2,17,18,22)/t13-/m0/s1. The molecule has 0 spiro atoms. The van der Waals surface area contributed by atoms with E-state index in [1.807, 2.05) is 20.8 Å². The molecular formula is C16H20N4O4. The highest BCUT2D eigenvalue weighted by Crippen LogP contribution is 2.29. The van der Waals surface area contributed by atoms with E-state index in [2.05, 4.69) is 16.0 Å². The van der Waals surface area contributed by atoms with Crippen LogP contribution in [0.1, 0.15) is 39.3 Å². The van der Waals surface area contributed by atoms with Gasteiger partial charge in [-0.15, -0.1) is 0 Å². The first-order chi connectivity index (χ1) is 11.1. The molecule has 128 valence electrons. The summed E-state index contributed by atoms with van der Waals surface area (Å²) in [4.78, 5) is 34.9. The molecule has 1 aliphatic rings. The number of urea groups is 1. The van der Waals surface area contributed by atoms with Gasteiger partial charge in [-0.2, -0.15) is 0 Å². The summed E-state index contributed by atoms with van der Waals surface area (Å²) >= 11 is 0. The number of nitro benzene ring substituents is 1. The molecule has 1 heterocycles. The summed E-state index contributed by atoms with van der Waals surface area (Å²) in [5.41, 5.74) is 0.645. The van der Waals surface area contributed by atoms with Crippen LogP contribution >= 0.6 is 0 Å². The number of hydrogen-bond acceptors (Lipinski definition) is 4. The lowest BCUT2D eigenvalue weighted by atomic mass is 9.93. The van der Waals surface area contributed by atoms with Crippen molar-refractivity contribution in [1.82, 2.24) is 16.0 Å². The van der Waals surface area contributed by atoms with Crippen molar-refractivity contribution in [1.29, 1.82) is 0 Å². The van der Waals surface area contributed by atoms with Gasteiger partial charge in [0.1, 0.15) is 0 Å². The number of nitrogens with one attached hydrogen (secondary N) is 3. The Morgan fingerprint density at radius 1 is 1.33 bits per heavy atom. The lowest BCUT2D eigenvalue weighted by Gasteiger charge is -2.30. The highest BCUT2D eigenvalue weighted by atomic mass is 16.6. The largest absolute Gasteiger partial charge is 0.348 e. The van der Waals surface area contributed by atoms with Crippen LogP contribution in [0.5, 0.6) is 0 Å². The second-order valence-electron chi connectivity index (χ2n) is 6.63. The minimum atomic E-state index is -0.763. The maximum Gasteiger partial charge on any atom is 0.319 e. The Balaban J connectivity index is 2.47. The third-order valence-corrected chi connectivity index (χ3v) is 3.42. The van der Waals surface area contributed by atoms with Crippen molar-refractivity contribution in [3.63, 3.8) is 0 Å². The van der Waals surface area contributed by atoms with E-state index in [0.717, 1.165) is 0 Å². The van der Waals surface area contributed by atoms with Gasteiger partial charge in [0, 0.05) is 23.4 Å². The number of rotatable bonds is 3. The number of carbonyl (C=O) groups is 2. The van der Waals surface area contributed by atoms with E-state index in [0.29, 0.717) is 16.8 Å². The fourth-order valence-electron chi connectivity index (χ4n) is 2.47. The topological polar surface area (TPSA) is 113 Å². The smallest absolute Gasteiger partial charge is 0.319 e. The number of benzene rings is 1. The Bertz CT molecular complexity index is 734. The molecule has 8 heteroatoms. The van der Waals surface area contributed by atoms with Crippen LogP contribution < -0.4 is 16.0 Å². The zero-order valence-corrected chi connectivity index (χ0v) is 14.0. The van der Waals surface area contributed by atoms with Gasteiger partial charge < -0.3 is 16.0 Å². The van der Waals surface area contributed by atoms with Gasteiger partial charge >= 0.3 is 6.03 Å². The summed E-state index contributed by atoms with van der Waals surface area (Å²) in [6, 6.07) is 4.65. The van der Waals surface area contributed by atoms with Crippen molar-refractivity contribution in [3.05, 3.63) is 51.2 Å². The average molecular weight is 332 g/mol. The molecule has 0 bridgehead atoms. The number of nitro groups is 1. The maximum atomic E-state index is 12.6. The second kappa shape index (κ2) is 6.31. The van der Waals surface area contributed by atoms with E-state index in [1.165, 1.54) is 18.2 Å². The molecule has 0 aliphatic carbocycles. The van der Waals surface area contributed by atoms with E-state index in [-0.39, 0.29) is 11.6 Å². The van der Waals surface area contributed by atoms with Crippen LogP contribution in [0, 0.1) is 10.1 Å². The molecule has 0 fully saturated rings. The number of amides is 3. The first-order valence-electron chi connectivity index (χ1n) is 7.43. The van der Waals surface area contributed by atoms with Crippen molar-refractivity contribution in [2.24, 2.45) is 0 Å². The van der Waals surface area contributed by atoms with Gasteiger partial charge in [-0.3, -0.25) is 14.9 Å².